The summed E-state index contributed by atoms with van der Waals surface area (Å²) in [7, 11) is 0. The summed E-state index contributed by atoms with van der Waals surface area (Å²) in [6.07, 6.45) is 4.46. The van der Waals surface area contributed by atoms with Crippen molar-refractivity contribution in [2.45, 2.75) is 46.7 Å². The van der Waals surface area contributed by atoms with Crippen LogP contribution >= 0.6 is 0 Å². The van der Waals surface area contributed by atoms with Gasteiger partial charge < -0.3 is 14.7 Å². The summed E-state index contributed by atoms with van der Waals surface area (Å²) in [6, 6.07) is 15.1. The number of carbonyl (C=O) groups excluding carboxylic acids is 1. The number of hydrogen-bond acceptors (Lipinski definition) is 5. The fourth-order valence-corrected chi connectivity index (χ4v) is 5.03. The lowest BCUT2D eigenvalue weighted by atomic mass is 9.93. The van der Waals surface area contributed by atoms with Crippen molar-refractivity contribution >= 4 is 5.91 Å². The second-order valence-electron chi connectivity index (χ2n) is 10.1. The van der Waals surface area contributed by atoms with Crippen LogP contribution in [0, 0.1) is 19.8 Å². The summed E-state index contributed by atoms with van der Waals surface area (Å²) in [5, 5.41) is 18.4. The van der Waals surface area contributed by atoms with Crippen molar-refractivity contribution in [2.75, 3.05) is 6.61 Å². The second kappa shape index (κ2) is 10.1. The number of fused-ring (bicyclic) bond motifs is 1. The van der Waals surface area contributed by atoms with E-state index in [0.717, 1.165) is 40.0 Å². The second-order valence-corrected chi connectivity index (χ2v) is 10.1. The third kappa shape index (κ3) is 4.81. The van der Waals surface area contributed by atoms with E-state index in [1.54, 1.807) is 18.5 Å². The first kappa shape index (κ1) is 24.6. The van der Waals surface area contributed by atoms with Crippen LogP contribution in [0.4, 0.5) is 0 Å². The molecule has 1 amide bonds. The van der Waals surface area contributed by atoms with Gasteiger partial charge in [0.15, 0.2) is 0 Å². The molecule has 7 nitrogen and oxygen atoms in total. The molecule has 2 N–H and O–H groups in total. The summed E-state index contributed by atoms with van der Waals surface area (Å²) < 4.78 is 6.06. The Bertz CT molecular complexity index is 1410. The third-order valence-corrected chi connectivity index (χ3v) is 6.77. The molecule has 0 aliphatic carbocycles. The Kier molecular flexibility index (Phi) is 6.70. The monoisotopic (exact) mass is 496 g/mol. The molecule has 0 radical (unpaired) electrons. The van der Waals surface area contributed by atoms with Gasteiger partial charge in [-0.3, -0.25) is 14.9 Å². The van der Waals surface area contributed by atoms with Gasteiger partial charge in [-0.05, 0) is 72.7 Å². The average Bonchev–Trinajstić information content (AvgIpc) is 3.38. The fraction of sp³-hybridized carbons (Fsp3) is 0.300. The zero-order chi connectivity index (χ0) is 26.1. The van der Waals surface area contributed by atoms with E-state index in [-0.39, 0.29) is 11.7 Å². The van der Waals surface area contributed by atoms with Crippen LogP contribution in [0.3, 0.4) is 0 Å². The molecule has 4 aromatic rings. The zero-order valence-corrected chi connectivity index (χ0v) is 21.7. The number of benzene rings is 2. The van der Waals surface area contributed by atoms with Gasteiger partial charge in [-0.15, -0.1) is 0 Å². The number of hydrogen-bond donors (Lipinski definition) is 2. The number of phenolic OH excluding ortho intramolecular Hbond substituents is 1. The zero-order valence-electron chi connectivity index (χ0n) is 21.7. The first-order valence-corrected chi connectivity index (χ1v) is 12.6. The van der Waals surface area contributed by atoms with Gasteiger partial charge in [0.25, 0.3) is 5.91 Å². The van der Waals surface area contributed by atoms with Crippen LogP contribution in [0.15, 0.2) is 60.9 Å². The maximum atomic E-state index is 13.7. The van der Waals surface area contributed by atoms with E-state index < -0.39 is 6.04 Å². The highest BCUT2D eigenvalue weighted by molar-refractivity contribution is 6.00. The minimum atomic E-state index is -0.412. The Hall–Kier alpha value is -4.13. The molecule has 7 heteroatoms. The lowest BCUT2D eigenvalue weighted by Gasteiger charge is -2.27. The first-order valence-electron chi connectivity index (χ1n) is 12.6. The van der Waals surface area contributed by atoms with E-state index in [2.05, 4.69) is 29.0 Å². The number of nitrogens with zero attached hydrogens (tertiary/aromatic N) is 3. The van der Waals surface area contributed by atoms with Crippen molar-refractivity contribution in [3.8, 4) is 22.8 Å². The number of carbonyl (C=O) groups is 1. The van der Waals surface area contributed by atoms with Crippen molar-refractivity contribution in [1.29, 1.82) is 0 Å². The molecule has 0 fully saturated rings. The van der Waals surface area contributed by atoms with Gasteiger partial charge in [-0.25, -0.2) is 0 Å². The van der Waals surface area contributed by atoms with E-state index in [4.69, 9.17) is 4.74 Å². The van der Waals surface area contributed by atoms with Crippen molar-refractivity contribution < 1.29 is 14.6 Å². The molecule has 0 saturated carbocycles. The molecule has 190 valence electrons. The largest absolute Gasteiger partial charge is 0.507 e. The summed E-state index contributed by atoms with van der Waals surface area (Å²) in [6.45, 7) is 9.25. The number of aromatic nitrogens is 3. The summed E-state index contributed by atoms with van der Waals surface area (Å²) in [5.41, 5.74) is 6.13. The molecule has 37 heavy (non-hydrogen) atoms. The first-order chi connectivity index (χ1) is 17.8. The Morgan fingerprint density at radius 3 is 2.70 bits per heavy atom. The van der Waals surface area contributed by atoms with Crippen LogP contribution in [0.5, 0.6) is 11.5 Å². The van der Waals surface area contributed by atoms with Crippen molar-refractivity contribution in [2.24, 2.45) is 5.92 Å². The smallest absolute Gasteiger partial charge is 0.273 e. The molecule has 0 bridgehead atoms. The maximum Gasteiger partial charge on any atom is 0.273 e. The van der Waals surface area contributed by atoms with E-state index in [1.807, 2.05) is 61.2 Å². The van der Waals surface area contributed by atoms with Crippen molar-refractivity contribution in [3.63, 3.8) is 0 Å². The Labute approximate surface area is 217 Å². The summed E-state index contributed by atoms with van der Waals surface area (Å²) in [4.78, 5) is 19.8. The topological polar surface area (TPSA) is 91.3 Å². The lowest BCUT2D eigenvalue weighted by Crippen LogP contribution is -2.29. The number of nitrogens with one attached hydrogen (secondary N) is 1. The highest BCUT2D eigenvalue weighted by Crippen LogP contribution is 2.46. The van der Waals surface area contributed by atoms with Crippen molar-refractivity contribution in [1.82, 2.24) is 20.1 Å². The van der Waals surface area contributed by atoms with E-state index >= 15 is 0 Å². The van der Waals surface area contributed by atoms with Gasteiger partial charge in [0.05, 0.1) is 12.6 Å². The predicted molar refractivity (Wildman–Crippen MR) is 143 cm³/mol. The quantitative estimate of drug-likeness (QED) is 0.314. The number of H-pyrrole nitrogens is 1. The number of amides is 1. The highest BCUT2D eigenvalue weighted by Gasteiger charge is 2.43. The van der Waals surface area contributed by atoms with E-state index in [9.17, 15) is 9.90 Å². The van der Waals surface area contributed by atoms with Crippen LogP contribution in [0.2, 0.25) is 0 Å². The molecule has 1 aliphatic rings. The minimum absolute atomic E-state index is 0.141. The molecule has 2 aromatic carbocycles. The molecule has 1 unspecified atom stereocenters. The Morgan fingerprint density at radius 1 is 1.14 bits per heavy atom. The summed E-state index contributed by atoms with van der Waals surface area (Å²) in [5.74, 6) is 1.32. The molecule has 0 saturated heterocycles. The number of aryl methyl sites for hydroxylation is 2. The van der Waals surface area contributed by atoms with Crippen LogP contribution < -0.4 is 4.74 Å². The number of phenols is 1. The molecule has 2 aromatic heterocycles. The van der Waals surface area contributed by atoms with Crippen LogP contribution in [0.25, 0.3) is 11.3 Å². The number of aromatic hydroxyl groups is 1. The standard InChI is InChI=1S/C30H32N4O3/c1-18(2)10-12-37-23-9-5-8-22(15-23)29-26-27(25-20(4)13-19(3)14-24(25)35)32-33-28(26)30(36)34(29)17-21-7-6-11-31-16-21/h5-9,11,13-16,18,29,35H,10,12,17H2,1-4H3,(H,32,33). The molecular weight excluding hydrogens is 464 g/mol. The molecule has 5 rings (SSSR count). The Morgan fingerprint density at radius 2 is 1.97 bits per heavy atom. The fourth-order valence-electron chi connectivity index (χ4n) is 5.03. The molecule has 0 spiro atoms. The van der Waals surface area contributed by atoms with Gasteiger partial charge in [0, 0.05) is 30.1 Å². The number of aromatic amines is 1. The Balaban J connectivity index is 1.62. The van der Waals surface area contributed by atoms with Gasteiger partial charge >= 0.3 is 0 Å². The number of ether oxygens (including phenoxy) is 1. The van der Waals surface area contributed by atoms with Gasteiger partial charge in [0.1, 0.15) is 22.9 Å². The van der Waals surface area contributed by atoms with Gasteiger partial charge in [-0.2, -0.15) is 5.10 Å². The molecule has 1 aliphatic heterocycles. The molecule has 3 heterocycles. The maximum absolute atomic E-state index is 13.7. The van der Waals surface area contributed by atoms with Crippen LogP contribution in [-0.2, 0) is 6.54 Å². The van der Waals surface area contributed by atoms with E-state index in [1.165, 1.54) is 0 Å². The number of rotatable bonds is 8. The van der Waals surface area contributed by atoms with E-state index in [0.29, 0.717) is 36.0 Å². The van der Waals surface area contributed by atoms with Crippen LogP contribution in [0.1, 0.15) is 64.6 Å². The summed E-state index contributed by atoms with van der Waals surface area (Å²) >= 11 is 0. The van der Waals surface area contributed by atoms with Gasteiger partial charge in [-0.1, -0.05) is 38.1 Å². The molecular formula is C30H32N4O3. The van der Waals surface area contributed by atoms with Crippen LogP contribution in [-0.4, -0.2) is 37.7 Å². The normalized spacial score (nSPS) is 14.9. The SMILES string of the molecule is Cc1cc(C)c(-c2n[nH]c3c2C(c2cccc(OCCC(C)C)c2)N(Cc2cccnc2)C3=O)c(O)c1. The minimum Gasteiger partial charge on any atom is -0.507 e. The number of pyridine rings is 1. The lowest BCUT2D eigenvalue weighted by molar-refractivity contribution is 0.0729. The highest BCUT2D eigenvalue weighted by atomic mass is 16.5. The van der Waals surface area contributed by atoms with Crippen molar-refractivity contribution in [3.05, 3.63) is 94.4 Å². The average molecular weight is 497 g/mol. The van der Waals surface area contributed by atoms with Gasteiger partial charge in [0.2, 0.25) is 0 Å². The molecule has 1 atom stereocenters. The third-order valence-electron chi connectivity index (χ3n) is 6.77. The predicted octanol–water partition coefficient (Wildman–Crippen LogP) is 5.96.